The van der Waals surface area contributed by atoms with Crippen molar-refractivity contribution in [3.63, 3.8) is 0 Å². The van der Waals surface area contributed by atoms with Gasteiger partial charge in [0.2, 0.25) is 0 Å². The van der Waals surface area contributed by atoms with E-state index in [2.05, 4.69) is 246 Å². The summed E-state index contributed by atoms with van der Waals surface area (Å²) in [6.07, 6.45) is 0. The fraction of sp³-hybridized carbons (Fsp3) is 0.0164. The van der Waals surface area contributed by atoms with Crippen LogP contribution in [-0.2, 0) is 5.41 Å². The Morgan fingerprint density at radius 2 is 0.922 bits per heavy atom. The molecule has 0 N–H and O–H groups in total. The third kappa shape index (κ3) is 5.28. The van der Waals surface area contributed by atoms with Gasteiger partial charge in [0.1, 0.15) is 11.2 Å². The van der Waals surface area contributed by atoms with Gasteiger partial charge in [-0.2, -0.15) is 0 Å². The number of aromatic nitrogens is 1. The summed E-state index contributed by atoms with van der Waals surface area (Å²) in [5.74, 6) is 0. The van der Waals surface area contributed by atoms with Gasteiger partial charge in [-0.05, 0) is 99.6 Å². The number of rotatable bonds is 7. The summed E-state index contributed by atoms with van der Waals surface area (Å²) in [7, 11) is 0. The fourth-order valence-electron chi connectivity index (χ4n) is 10.8. The average Bonchev–Trinajstić information content (AvgIpc) is 4.02. The highest BCUT2D eigenvalue weighted by molar-refractivity contribution is 6.14. The number of hydrogen-bond donors (Lipinski definition) is 0. The molecule has 0 radical (unpaired) electrons. The average molecular weight is 817 g/mol. The molecule has 300 valence electrons. The van der Waals surface area contributed by atoms with E-state index in [9.17, 15) is 0 Å². The lowest BCUT2D eigenvalue weighted by molar-refractivity contribution is 0.669. The van der Waals surface area contributed by atoms with Crippen LogP contribution in [0.3, 0.4) is 0 Å². The molecule has 2 heterocycles. The first kappa shape index (κ1) is 36.3. The monoisotopic (exact) mass is 816 g/mol. The number of anilines is 3. The molecule has 12 aromatic rings. The van der Waals surface area contributed by atoms with Crippen LogP contribution < -0.4 is 4.90 Å². The Bertz CT molecular complexity index is 3640. The largest absolute Gasteiger partial charge is 0.456 e. The molecular formula is C61H40N2O. The number of benzene rings is 10. The van der Waals surface area contributed by atoms with Crippen LogP contribution in [0.1, 0.15) is 22.3 Å². The molecule has 3 heteroatoms. The quantitative estimate of drug-likeness (QED) is 0.160. The maximum atomic E-state index is 6.54. The highest BCUT2D eigenvalue weighted by Gasteiger charge is 2.46. The molecule has 0 amide bonds. The summed E-state index contributed by atoms with van der Waals surface area (Å²) < 4.78 is 8.95. The van der Waals surface area contributed by atoms with E-state index < -0.39 is 5.41 Å². The van der Waals surface area contributed by atoms with E-state index in [0.29, 0.717) is 0 Å². The van der Waals surface area contributed by atoms with Crippen molar-refractivity contribution < 1.29 is 4.42 Å². The zero-order valence-corrected chi connectivity index (χ0v) is 34.9. The maximum Gasteiger partial charge on any atom is 0.137 e. The highest BCUT2D eigenvalue weighted by Crippen LogP contribution is 2.57. The molecule has 0 spiro atoms. The molecule has 10 aromatic carbocycles. The molecule has 0 saturated carbocycles. The van der Waals surface area contributed by atoms with Gasteiger partial charge in [0.15, 0.2) is 0 Å². The molecule has 0 bridgehead atoms. The highest BCUT2D eigenvalue weighted by atomic mass is 16.3. The Morgan fingerprint density at radius 1 is 0.375 bits per heavy atom. The first-order valence-electron chi connectivity index (χ1n) is 22.0. The van der Waals surface area contributed by atoms with Crippen LogP contribution in [-0.4, -0.2) is 4.57 Å². The summed E-state index contributed by atoms with van der Waals surface area (Å²) in [5, 5.41) is 4.67. The van der Waals surface area contributed by atoms with E-state index >= 15 is 0 Å². The fourth-order valence-corrected chi connectivity index (χ4v) is 10.8. The Labute approximate surface area is 371 Å². The van der Waals surface area contributed by atoms with Gasteiger partial charge < -0.3 is 13.9 Å². The van der Waals surface area contributed by atoms with E-state index in [4.69, 9.17) is 4.42 Å². The Hall–Kier alpha value is -8.40. The van der Waals surface area contributed by atoms with E-state index in [0.717, 1.165) is 50.3 Å². The lowest BCUT2D eigenvalue weighted by Gasteiger charge is -2.35. The summed E-state index contributed by atoms with van der Waals surface area (Å²) in [6, 6.07) is 88.3. The Morgan fingerprint density at radius 3 is 1.64 bits per heavy atom. The van der Waals surface area contributed by atoms with Gasteiger partial charge in [-0.15, -0.1) is 0 Å². The van der Waals surface area contributed by atoms with Crippen LogP contribution in [0.5, 0.6) is 0 Å². The van der Waals surface area contributed by atoms with Crippen molar-refractivity contribution in [1.82, 2.24) is 4.57 Å². The van der Waals surface area contributed by atoms with Crippen molar-refractivity contribution in [3.8, 4) is 27.9 Å². The second kappa shape index (κ2) is 14.3. The minimum Gasteiger partial charge on any atom is -0.456 e. The second-order valence-electron chi connectivity index (χ2n) is 16.8. The number of para-hydroxylation sites is 4. The summed E-state index contributed by atoms with van der Waals surface area (Å²) in [6.45, 7) is 0. The molecular weight excluding hydrogens is 777 g/mol. The molecule has 64 heavy (non-hydrogen) atoms. The Balaban J connectivity index is 1.04. The number of nitrogens with zero attached hydrogens (tertiary/aromatic N) is 2. The maximum absolute atomic E-state index is 6.54. The zero-order valence-electron chi connectivity index (χ0n) is 34.9. The second-order valence-corrected chi connectivity index (χ2v) is 16.8. The normalized spacial score (nSPS) is 12.8. The first-order chi connectivity index (χ1) is 31.8. The summed E-state index contributed by atoms with van der Waals surface area (Å²) in [5.41, 5.74) is 17.8. The van der Waals surface area contributed by atoms with Gasteiger partial charge in [0.25, 0.3) is 0 Å². The van der Waals surface area contributed by atoms with Crippen LogP contribution in [0.4, 0.5) is 17.1 Å². The van der Waals surface area contributed by atoms with E-state index in [1.54, 1.807) is 0 Å². The van der Waals surface area contributed by atoms with Crippen molar-refractivity contribution in [1.29, 1.82) is 0 Å². The van der Waals surface area contributed by atoms with Crippen LogP contribution in [0.2, 0.25) is 0 Å². The molecule has 1 aliphatic rings. The molecule has 2 aromatic heterocycles. The SMILES string of the molecule is c1ccc(C2(c3ccccc3)c3ccccc3-c3ccc(N(c4ccc(-c5ccccc5-n5c6ccccc6c6ccccc65)cc4)c4cccc5oc6ccccc6c45)cc32)cc1. The van der Waals surface area contributed by atoms with Crippen LogP contribution in [0, 0.1) is 0 Å². The lowest BCUT2D eigenvalue weighted by atomic mass is 9.67. The molecule has 0 saturated heterocycles. The molecule has 0 fully saturated rings. The van der Waals surface area contributed by atoms with Gasteiger partial charge in [-0.1, -0.05) is 182 Å². The smallest absolute Gasteiger partial charge is 0.137 e. The Kier molecular flexibility index (Phi) is 8.13. The lowest BCUT2D eigenvalue weighted by Crippen LogP contribution is -2.28. The van der Waals surface area contributed by atoms with Gasteiger partial charge in [-0.25, -0.2) is 0 Å². The van der Waals surface area contributed by atoms with Gasteiger partial charge in [0, 0.05) is 33.1 Å². The third-order valence-electron chi connectivity index (χ3n) is 13.5. The van der Waals surface area contributed by atoms with E-state index in [1.165, 1.54) is 60.8 Å². The van der Waals surface area contributed by atoms with Gasteiger partial charge in [-0.3, -0.25) is 0 Å². The molecule has 0 atom stereocenters. The molecule has 3 nitrogen and oxygen atoms in total. The summed E-state index contributed by atoms with van der Waals surface area (Å²) in [4.78, 5) is 2.43. The van der Waals surface area contributed by atoms with Gasteiger partial charge in [0.05, 0.1) is 33.2 Å². The molecule has 1 aliphatic carbocycles. The zero-order chi connectivity index (χ0) is 42.2. The van der Waals surface area contributed by atoms with Crippen molar-refractivity contribution in [2.45, 2.75) is 5.41 Å². The predicted octanol–water partition coefficient (Wildman–Crippen LogP) is 16.2. The van der Waals surface area contributed by atoms with Crippen LogP contribution in [0.25, 0.3) is 71.7 Å². The van der Waals surface area contributed by atoms with E-state index in [-0.39, 0.29) is 0 Å². The van der Waals surface area contributed by atoms with Crippen LogP contribution >= 0.6 is 0 Å². The molecule has 0 aliphatic heterocycles. The minimum absolute atomic E-state index is 0.537. The third-order valence-corrected chi connectivity index (χ3v) is 13.5. The topological polar surface area (TPSA) is 21.3 Å². The van der Waals surface area contributed by atoms with Crippen LogP contribution in [0.15, 0.2) is 247 Å². The van der Waals surface area contributed by atoms with Crippen molar-refractivity contribution in [2.75, 3.05) is 4.90 Å². The molecule has 0 unspecified atom stereocenters. The number of furan rings is 1. The minimum atomic E-state index is -0.537. The first-order valence-corrected chi connectivity index (χ1v) is 22.0. The standard InChI is InChI=1S/C61H40N2O/c1-3-18-42(19-4-1)61(43-20-5-2-6-21-43)52-27-12-7-23-47(52)48-39-38-45(40-53(48)61)62(57-31-17-33-59-60(57)51-26-11-16-32-58(51)64-59)44-36-34-41(35-37-44)46-22-8-13-28-54(46)63-55-29-14-9-24-49(55)50-25-10-15-30-56(50)63/h1-40H. The van der Waals surface area contributed by atoms with E-state index in [1.807, 2.05) is 6.07 Å². The van der Waals surface area contributed by atoms with Gasteiger partial charge >= 0.3 is 0 Å². The van der Waals surface area contributed by atoms with Crippen molar-refractivity contribution in [2.24, 2.45) is 0 Å². The predicted molar refractivity (Wildman–Crippen MR) is 265 cm³/mol. The van der Waals surface area contributed by atoms with Crippen molar-refractivity contribution >= 4 is 60.8 Å². The number of hydrogen-bond acceptors (Lipinski definition) is 2. The molecule has 13 rings (SSSR count). The van der Waals surface area contributed by atoms with Crippen molar-refractivity contribution in [3.05, 3.63) is 265 Å². The summed E-state index contributed by atoms with van der Waals surface area (Å²) >= 11 is 0. The number of fused-ring (bicyclic) bond motifs is 9.